The first-order chi connectivity index (χ1) is 9.31. The van der Waals surface area contributed by atoms with Gasteiger partial charge in [-0.2, -0.15) is 0 Å². The molecule has 0 aromatic heterocycles. The molecule has 0 aliphatic heterocycles. The van der Waals surface area contributed by atoms with Crippen LogP contribution in [0.3, 0.4) is 0 Å². The van der Waals surface area contributed by atoms with Gasteiger partial charge in [0, 0.05) is 6.54 Å². The second kappa shape index (κ2) is 6.35. The van der Waals surface area contributed by atoms with Crippen molar-refractivity contribution in [1.82, 2.24) is 5.32 Å². The molecule has 2 N–H and O–H groups in total. The summed E-state index contributed by atoms with van der Waals surface area (Å²) in [5.41, 5.74) is 1.98. The van der Waals surface area contributed by atoms with Gasteiger partial charge in [0.25, 0.3) is 5.91 Å². The molecule has 2 rings (SSSR count). The second-order valence-corrected chi connectivity index (χ2v) is 3.98. The van der Waals surface area contributed by atoms with Crippen LogP contribution in [-0.2, 0) is 11.3 Å². The first-order valence-electron chi connectivity index (χ1n) is 5.92. The Morgan fingerprint density at radius 2 is 1.68 bits per heavy atom. The van der Waals surface area contributed by atoms with E-state index in [1.54, 1.807) is 24.3 Å². The maximum Gasteiger partial charge on any atom is 0.253 e. The number of carbonyl (C=O) groups is 2. The zero-order valence-corrected chi connectivity index (χ0v) is 10.3. The number of nitrogens with one attached hydrogen (secondary N) is 2. The predicted molar refractivity (Wildman–Crippen MR) is 73.7 cm³/mol. The van der Waals surface area contributed by atoms with Crippen LogP contribution in [0.5, 0.6) is 0 Å². The third-order valence-electron chi connectivity index (χ3n) is 2.68. The first kappa shape index (κ1) is 12.8. The van der Waals surface area contributed by atoms with E-state index >= 15 is 0 Å². The molecule has 2 aromatic carbocycles. The number of hydrogen-bond acceptors (Lipinski definition) is 2. The summed E-state index contributed by atoms with van der Waals surface area (Å²) in [5.74, 6) is -0.214. The Bertz CT molecular complexity index is 567. The zero-order chi connectivity index (χ0) is 13.5. The lowest BCUT2D eigenvalue weighted by molar-refractivity contribution is -0.105. The van der Waals surface area contributed by atoms with E-state index in [9.17, 15) is 9.59 Å². The van der Waals surface area contributed by atoms with Crippen LogP contribution in [0.1, 0.15) is 15.9 Å². The number of anilines is 1. The van der Waals surface area contributed by atoms with Gasteiger partial charge in [-0.05, 0) is 17.7 Å². The van der Waals surface area contributed by atoms with E-state index in [4.69, 9.17) is 0 Å². The van der Waals surface area contributed by atoms with Crippen LogP contribution in [-0.4, -0.2) is 12.3 Å². The summed E-state index contributed by atoms with van der Waals surface area (Å²) >= 11 is 0. The van der Waals surface area contributed by atoms with Crippen molar-refractivity contribution in [2.75, 3.05) is 5.32 Å². The van der Waals surface area contributed by atoms with Crippen LogP contribution in [0.4, 0.5) is 5.69 Å². The Balaban J connectivity index is 2.06. The highest BCUT2D eigenvalue weighted by Gasteiger charge is 2.09. The third kappa shape index (κ3) is 3.42. The Kier molecular flexibility index (Phi) is 4.29. The summed E-state index contributed by atoms with van der Waals surface area (Å²) in [7, 11) is 0. The van der Waals surface area contributed by atoms with Gasteiger partial charge in [0.15, 0.2) is 0 Å². The van der Waals surface area contributed by atoms with Gasteiger partial charge < -0.3 is 10.6 Å². The molecule has 19 heavy (non-hydrogen) atoms. The third-order valence-corrected chi connectivity index (χ3v) is 2.68. The van der Waals surface area contributed by atoms with Gasteiger partial charge in [0.05, 0.1) is 11.3 Å². The molecule has 0 unspecified atom stereocenters. The van der Waals surface area contributed by atoms with Gasteiger partial charge in [-0.1, -0.05) is 42.5 Å². The molecule has 0 fully saturated rings. The molecular weight excluding hydrogens is 240 g/mol. The van der Waals surface area contributed by atoms with E-state index in [1.807, 2.05) is 30.3 Å². The molecule has 0 saturated carbocycles. The minimum atomic E-state index is -0.214. The highest BCUT2D eigenvalue weighted by Crippen LogP contribution is 2.14. The van der Waals surface area contributed by atoms with E-state index in [0.717, 1.165) is 5.56 Å². The van der Waals surface area contributed by atoms with E-state index in [0.29, 0.717) is 24.2 Å². The Labute approximate surface area is 111 Å². The fraction of sp³-hybridized carbons (Fsp3) is 0.0667. The average molecular weight is 254 g/mol. The SMILES string of the molecule is O=CNc1ccccc1C(=O)NCc1ccccc1. The van der Waals surface area contributed by atoms with Crippen LogP contribution in [0.2, 0.25) is 0 Å². The lowest BCUT2D eigenvalue weighted by Gasteiger charge is -2.09. The Hall–Kier alpha value is -2.62. The van der Waals surface area contributed by atoms with Crippen LogP contribution < -0.4 is 10.6 Å². The molecule has 2 amide bonds. The number of amides is 2. The minimum absolute atomic E-state index is 0.214. The molecule has 0 spiro atoms. The number of benzene rings is 2. The summed E-state index contributed by atoms with van der Waals surface area (Å²) in [6.45, 7) is 0.453. The van der Waals surface area contributed by atoms with Crippen molar-refractivity contribution in [3.8, 4) is 0 Å². The van der Waals surface area contributed by atoms with Gasteiger partial charge in [-0.25, -0.2) is 0 Å². The maximum absolute atomic E-state index is 12.0. The molecular formula is C15H14N2O2. The maximum atomic E-state index is 12.0. The quantitative estimate of drug-likeness (QED) is 0.803. The molecule has 0 aliphatic carbocycles. The van der Waals surface area contributed by atoms with Gasteiger partial charge >= 0.3 is 0 Å². The standard InChI is InChI=1S/C15H14N2O2/c18-11-17-14-9-5-4-8-13(14)15(19)16-10-12-6-2-1-3-7-12/h1-9,11H,10H2,(H,16,19)(H,17,18). The number of carbonyl (C=O) groups excluding carboxylic acids is 2. The fourth-order valence-electron chi connectivity index (χ4n) is 1.74. The molecule has 0 saturated heterocycles. The topological polar surface area (TPSA) is 58.2 Å². The molecule has 0 radical (unpaired) electrons. The molecule has 96 valence electrons. The van der Waals surface area contributed by atoms with E-state index in [1.165, 1.54) is 0 Å². The van der Waals surface area contributed by atoms with Crippen molar-refractivity contribution < 1.29 is 9.59 Å². The lowest BCUT2D eigenvalue weighted by atomic mass is 10.1. The van der Waals surface area contributed by atoms with Crippen LogP contribution in [0.15, 0.2) is 54.6 Å². The van der Waals surface area contributed by atoms with Gasteiger partial charge in [-0.15, -0.1) is 0 Å². The van der Waals surface area contributed by atoms with Crippen molar-refractivity contribution in [3.05, 3.63) is 65.7 Å². The summed E-state index contributed by atoms with van der Waals surface area (Å²) in [4.78, 5) is 22.5. The van der Waals surface area contributed by atoms with Crippen LogP contribution in [0.25, 0.3) is 0 Å². The van der Waals surface area contributed by atoms with Gasteiger partial charge in [0.2, 0.25) is 6.41 Å². The minimum Gasteiger partial charge on any atom is -0.348 e. The van der Waals surface area contributed by atoms with Crippen molar-refractivity contribution in [3.63, 3.8) is 0 Å². The monoisotopic (exact) mass is 254 g/mol. The molecule has 0 heterocycles. The van der Waals surface area contributed by atoms with E-state index in [2.05, 4.69) is 10.6 Å². The average Bonchev–Trinajstić information content (AvgIpc) is 2.47. The predicted octanol–water partition coefficient (Wildman–Crippen LogP) is 2.18. The smallest absolute Gasteiger partial charge is 0.253 e. The second-order valence-electron chi connectivity index (χ2n) is 3.98. The summed E-state index contributed by atoms with van der Waals surface area (Å²) in [6.07, 6.45) is 0.559. The van der Waals surface area contributed by atoms with Crippen LogP contribution >= 0.6 is 0 Å². The zero-order valence-electron chi connectivity index (χ0n) is 10.3. The largest absolute Gasteiger partial charge is 0.348 e. The summed E-state index contributed by atoms with van der Waals surface area (Å²) in [6, 6.07) is 16.5. The Morgan fingerprint density at radius 3 is 2.42 bits per heavy atom. The molecule has 2 aromatic rings. The molecule has 0 aliphatic rings. The van der Waals surface area contributed by atoms with Gasteiger partial charge in [0.1, 0.15) is 0 Å². The number of para-hydroxylation sites is 1. The molecule has 0 bridgehead atoms. The highest BCUT2D eigenvalue weighted by molar-refractivity contribution is 6.01. The van der Waals surface area contributed by atoms with Crippen molar-refractivity contribution in [2.45, 2.75) is 6.54 Å². The number of hydrogen-bond donors (Lipinski definition) is 2. The molecule has 4 nitrogen and oxygen atoms in total. The summed E-state index contributed by atoms with van der Waals surface area (Å²) < 4.78 is 0. The van der Waals surface area contributed by atoms with E-state index in [-0.39, 0.29) is 5.91 Å². The van der Waals surface area contributed by atoms with Crippen molar-refractivity contribution >= 4 is 18.0 Å². The van der Waals surface area contributed by atoms with Gasteiger partial charge in [-0.3, -0.25) is 9.59 Å². The van der Waals surface area contributed by atoms with Crippen LogP contribution in [0, 0.1) is 0 Å². The summed E-state index contributed by atoms with van der Waals surface area (Å²) in [5, 5.41) is 5.33. The molecule has 4 heteroatoms. The number of rotatable bonds is 5. The normalized spacial score (nSPS) is 9.68. The highest BCUT2D eigenvalue weighted by atomic mass is 16.1. The van der Waals surface area contributed by atoms with Crippen molar-refractivity contribution in [1.29, 1.82) is 0 Å². The first-order valence-corrected chi connectivity index (χ1v) is 5.92. The fourth-order valence-corrected chi connectivity index (χ4v) is 1.74. The van der Waals surface area contributed by atoms with Crippen molar-refractivity contribution in [2.24, 2.45) is 0 Å². The van der Waals surface area contributed by atoms with E-state index < -0.39 is 0 Å². The lowest BCUT2D eigenvalue weighted by Crippen LogP contribution is -2.23. The Morgan fingerprint density at radius 1 is 1.00 bits per heavy atom. The molecule has 0 atom stereocenters.